The van der Waals surface area contributed by atoms with Crippen LogP contribution in [-0.4, -0.2) is 22.7 Å². The van der Waals surface area contributed by atoms with Crippen LogP contribution in [0.3, 0.4) is 0 Å². The van der Waals surface area contributed by atoms with Crippen LogP contribution in [0.1, 0.15) is 0 Å². The minimum Gasteiger partial charge on any atom is -0.481 e. The van der Waals surface area contributed by atoms with Gasteiger partial charge in [-0.2, -0.15) is 0 Å². The molecule has 0 rings (SSSR count). The van der Waals surface area contributed by atoms with Crippen LogP contribution in [0.2, 0.25) is 0 Å². The molecule has 0 unspecified atom stereocenters. The molecule has 10 heavy (non-hydrogen) atoms. The molecule has 4 heteroatoms. The molecule has 0 saturated carbocycles. The number of aliphatic hydroxyl groups is 2. The Labute approximate surface area is 58.5 Å². The van der Waals surface area contributed by atoms with E-state index in [1.807, 2.05) is 0 Å². The normalized spacial score (nSPS) is 8.00. The highest BCUT2D eigenvalue weighted by molar-refractivity contribution is 5.86. The summed E-state index contributed by atoms with van der Waals surface area (Å²) in [6.45, 7) is 3.29. The molecule has 56 valence electrons. The van der Waals surface area contributed by atoms with Crippen molar-refractivity contribution in [1.82, 2.24) is 5.32 Å². The summed E-state index contributed by atoms with van der Waals surface area (Å²) in [7, 11) is 0. The third kappa shape index (κ3) is 4.70. The van der Waals surface area contributed by atoms with Gasteiger partial charge in [-0.15, -0.1) is 0 Å². The van der Waals surface area contributed by atoms with E-state index in [1.54, 1.807) is 0 Å². The lowest BCUT2D eigenvalue weighted by atomic mass is 10.5. The molecule has 0 bridgehead atoms. The van der Waals surface area contributed by atoms with E-state index in [0.29, 0.717) is 0 Å². The first-order chi connectivity index (χ1) is 4.66. The molecule has 0 aromatic heterocycles. The topological polar surface area (TPSA) is 69.6 Å². The fraction of sp³-hybridized carbons (Fsp3) is 0.167. The van der Waals surface area contributed by atoms with Crippen molar-refractivity contribution in [3.8, 4) is 0 Å². The van der Waals surface area contributed by atoms with Gasteiger partial charge in [0.1, 0.15) is 0 Å². The summed E-state index contributed by atoms with van der Waals surface area (Å²) in [5.74, 6) is -1.15. The number of carbonyl (C=O) groups excluding carboxylic acids is 1. The van der Waals surface area contributed by atoms with Crippen molar-refractivity contribution in [3.05, 3.63) is 24.7 Å². The van der Waals surface area contributed by atoms with Crippen LogP contribution in [0.4, 0.5) is 0 Å². The van der Waals surface area contributed by atoms with E-state index in [-0.39, 0.29) is 12.5 Å². The average Bonchev–Trinajstić information content (AvgIpc) is 1.87. The summed E-state index contributed by atoms with van der Waals surface area (Å²) < 4.78 is 0. The zero-order valence-electron chi connectivity index (χ0n) is 5.37. The molecule has 0 aliphatic carbocycles. The smallest absolute Gasteiger partial charge is 0.271 e. The second-order valence-electron chi connectivity index (χ2n) is 1.51. The van der Waals surface area contributed by atoms with E-state index in [9.17, 15) is 4.79 Å². The number of hydrogen-bond acceptors (Lipinski definition) is 3. The van der Waals surface area contributed by atoms with Crippen LogP contribution >= 0.6 is 0 Å². The molecule has 0 spiro atoms. The van der Waals surface area contributed by atoms with E-state index < -0.39 is 5.95 Å². The van der Waals surface area contributed by atoms with Crippen LogP contribution in [0.15, 0.2) is 24.7 Å². The summed E-state index contributed by atoms with van der Waals surface area (Å²) in [6.07, 6.45) is 2.16. The molecule has 4 nitrogen and oxygen atoms in total. The Morgan fingerprint density at radius 2 is 2.20 bits per heavy atom. The van der Waals surface area contributed by atoms with E-state index >= 15 is 0 Å². The summed E-state index contributed by atoms with van der Waals surface area (Å²) in [5, 5.41) is 18.7. The largest absolute Gasteiger partial charge is 0.481 e. The highest BCUT2D eigenvalue weighted by Gasteiger charge is 1.89. The Morgan fingerprint density at radius 1 is 1.60 bits per heavy atom. The van der Waals surface area contributed by atoms with Crippen molar-refractivity contribution in [2.24, 2.45) is 0 Å². The molecule has 0 fully saturated rings. The second-order valence-corrected chi connectivity index (χ2v) is 1.51. The van der Waals surface area contributed by atoms with Crippen LogP contribution in [0, 0.1) is 0 Å². The third-order valence-electron chi connectivity index (χ3n) is 0.746. The zero-order valence-corrected chi connectivity index (χ0v) is 5.37. The van der Waals surface area contributed by atoms with Crippen LogP contribution in [0.25, 0.3) is 0 Å². The Kier molecular flexibility index (Phi) is 3.79. The van der Waals surface area contributed by atoms with E-state index in [2.05, 4.69) is 11.9 Å². The molecule has 0 aliphatic rings. The molecular weight excluding hydrogens is 134 g/mol. The molecule has 3 N–H and O–H groups in total. The lowest BCUT2D eigenvalue weighted by Gasteiger charge is -1.94. The summed E-state index contributed by atoms with van der Waals surface area (Å²) in [4.78, 5) is 10.4. The van der Waals surface area contributed by atoms with Gasteiger partial charge >= 0.3 is 0 Å². The maximum absolute atomic E-state index is 10.4. The number of hydrogen-bond donors (Lipinski definition) is 3. The van der Waals surface area contributed by atoms with Gasteiger partial charge in [0, 0.05) is 12.6 Å². The van der Waals surface area contributed by atoms with Gasteiger partial charge in [-0.25, -0.2) is 0 Å². The summed E-state index contributed by atoms with van der Waals surface area (Å²) >= 11 is 0. The molecule has 0 saturated heterocycles. The van der Waals surface area contributed by atoms with Crippen LogP contribution < -0.4 is 5.32 Å². The molecule has 0 aliphatic heterocycles. The highest BCUT2D eigenvalue weighted by Crippen LogP contribution is 1.76. The van der Waals surface area contributed by atoms with Gasteiger partial charge in [0.15, 0.2) is 0 Å². The van der Waals surface area contributed by atoms with Crippen molar-refractivity contribution in [3.63, 3.8) is 0 Å². The van der Waals surface area contributed by atoms with Crippen LogP contribution in [-0.2, 0) is 4.79 Å². The molecule has 0 heterocycles. The van der Waals surface area contributed by atoms with Crippen LogP contribution in [0.5, 0.6) is 0 Å². The Balaban J connectivity index is 3.46. The monoisotopic (exact) mass is 143 g/mol. The maximum atomic E-state index is 10.4. The minimum atomic E-state index is -0.802. The van der Waals surface area contributed by atoms with E-state index in [1.165, 1.54) is 0 Å². The second kappa shape index (κ2) is 4.43. The van der Waals surface area contributed by atoms with Crippen molar-refractivity contribution < 1.29 is 15.0 Å². The number of carbonyl (C=O) groups is 1. The number of amides is 1. The zero-order chi connectivity index (χ0) is 7.98. The van der Waals surface area contributed by atoms with Gasteiger partial charge in [-0.05, 0) is 6.08 Å². The standard InChI is InChI=1S/C6H9NO3/c1-2-5(8)7-4-3-6(9)10/h2-3,9-10H,1,4H2,(H,7,8). The number of aliphatic hydroxyl groups excluding tert-OH is 1. The highest BCUT2D eigenvalue weighted by atomic mass is 16.5. The van der Waals surface area contributed by atoms with Crippen molar-refractivity contribution in [1.29, 1.82) is 0 Å². The van der Waals surface area contributed by atoms with E-state index in [0.717, 1.165) is 12.2 Å². The van der Waals surface area contributed by atoms with E-state index in [4.69, 9.17) is 10.2 Å². The molecular formula is C6H9NO3. The summed E-state index contributed by atoms with van der Waals surface area (Å²) in [6, 6.07) is 0. The van der Waals surface area contributed by atoms with Gasteiger partial charge in [-0.3, -0.25) is 4.79 Å². The molecule has 0 atom stereocenters. The molecule has 0 radical (unpaired) electrons. The first kappa shape index (κ1) is 8.55. The summed E-state index contributed by atoms with van der Waals surface area (Å²) in [5.41, 5.74) is 0. The molecule has 0 aromatic carbocycles. The predicted molar refractivity (Wildman–Crippen MR) is 36.5 cm³/mol. The Bertz CT molecular complexity index is 158. The fourth-order valence-electron chi connectivity index (χ4n) is 0.315. The predicted octanol–water partition coefficient (Wildman–Crippen LogP) is 0.246. The SMILES string of the molecule is C=CC(=O)NCC=C(O)O. The van der Waals surface area contributed by atoms with Gasteiger partial charge in [0.25, 0.3) is 5.95 Å². The molecule has 0 aromatic rings. The maximum Gasteiger partial charge on any atom is 0.271 e. The Hall–Kier alpha value is -1.45. The minimum absolute atomic E-state index is 0.0905. The van der Waals surface area contributed by atoms with Gasteiger partial charge < -0.3 is 15.5 Å². The number of nitrogens with one attached hydrogen (secondary N) is 1. The van der Waals surface area contributed by atoms with Crippen molar-refractivity contribution >= 4 is 5.91 Å². The third-order valence-corrected chi connectivity index (χ3v) is 0.746. The lowest BCUT2D eigenvalue weighted by molar-refractivity contribution is -0.116. The average molecular weight is 143 g/mol. The quantitative estimate of drug-likeness (QED) is 0.391. The lowest BCUT2D eigenvalue weighted by Crippen LogP contribution is -2.20. The fourth-order valence-corrected chi connectivity index (χ4v) is 0.315. The van der Waals surface area contributed by atoms with Gasteiger partial charge in [-0.1, -0.05) is 6.58 Å². The Morgan fingerprint density at radius 3 is 2.60 bits per heavy atom. The first-order valence-corrected chi connectivity index (χ1v) is 2.65. The van der Waals surface area contributed by atoms with Gasteiger partial charge in [0.2, 0.25) is 5.91 Å². The first-order valence-electron chi connectivity index (χ1n) is 2.65. The van der Waals surface area contributed by atoms with Gasteiger partial charge in [0.05, 0.1) is 0 Å². The van der Waals surface area contributed by atoms with Crippen molar-refractivity contribution in [2.45, 2.75) is 0 Å². The van der Waals surface area contributed by atoms with Crippen molar-refractivity contribution in [2.75, 3.05) is 6.54 Å². The number of rotatable bonds is 3. The molecule has 1 amide bonds.